The van der Waals surface area contributed by atoms with Crippen LogP contribution < -0.4 is 11.2 Å². The van der Waals surface area contributed by atoms with Crippen molar-refractivity contribution in [2.45, 2.75) is 30.7 Å². The number of nitrogens with zero attached hydrogens (tertiary/aromatic N) is 1. The average Bonchev–Trinajstić information content (AvgIpc) is 2.69. The van der Waals surface area contributed by atoms with E-state index in [1.165, 1.54) is 0 Å². The molecular formula is C22H21IN2O2. The molecule has 1 aromatic heterocycles. The number of hydrogen-bond donors (Lipinski definition) is 1. The molecule has 0 aliphatic heterocycles. The lowest BCUT2D eigenvalue weighted by atomic mass is 9.94. The number of nitriles is 1. The smallest absolute Gasteiger partial charge is 0.196 e. The van der Waals surface area contributed by atoms with Gasteiger partial charge in [-0.05, 0) is 41.3 Å². The fraction of sp³-hybridized carbons (Fsp3) is 0.273. The number of rotatable bonds is 5. The molecule has 4 nitrogen and oxygen atoms in total. The van der Waals surface area contributed by atoms with Gasteiger partial charge >= 0.3 is 0 Å². The molecular weight excluding hydrogens is 451 g/mol. The molecule has 1 atom stereocenters. The summed E-state index contributed by atoms with van der Waals surface area (Å²) >= 11 is 2.28. The Morgan fingerprint density at radius 3 is 2.63 bits per heavy atom. The minimum Gasteiger partial charge on any atom is -0.459 e. The van der Waals surface area contributed by atoms with Gasteiger partial charge in [-0.2, -0.15) is 5.26 Å². The molecule has 5 heteroatoms. The summed E-state index contributed by atoms with van der Waals surface area (Å²) in [4.78, 5) is 13.3. The summed E-state index contributed by atoms with van der Waals surface area (Å²) in [6.07, 6.45) is 0.386. The van der Waals surface area contributed by atoms with Crippen molar-refractivity contribution >= 4 is 33.6 Å². The highest BCUT2D eigenvalue weighted by Crippen LogP contribution is 2.27. The van der Waals surface area contributed by atoms with Crippen LogP contribution >= 0.6 is 22.6 Å². The molecule has 2 N–H and O–H groups in total. The van der Waals surface area contributed by atoms with Gasteiger partial charge in [0.25, 0.3) is 0 Å². The predicted molar refractivity (Wildman–Crippen MR) is 116 cm³/mol. The van der Waals surface area contributed by atoms with Gasteiger partial charge in [-0.15, -0.1) is 0 Å². The molecule has 0 radical (unpaired) electrons. The maximum atomic E-state index is 13.3. The Morgan fingerprint density at radius 2 is 1.96 bits per heavy atom. The van der Waals surface area contributed by atoms with Gasteiger partial charge in [0.1, 0.15) is 11.3 Å². The van der Waals surface area contributed by atoms with Crippen LogP contribution in [0.4, 0.5) is 0 Å². The van der Waals surface area contributed by atoms with Crippen LogP contribution in [0.3, 0.4) is 0 Å². The van der Waals surface area contributed by atoms with Gasteiger partial charge in [0.15, 0.2) is 5.43 Å². The highest BCUT2D eigenvalue weighted by atomic mass is 127. The minimum absolute atomic E-state index is 0.0512. The van der Waals surface area contributed by atoms with Gasteiger partial charge in [-0.1, -0.05) is 54.6 Å². The number of halogens is 1. The normalized spacial score (nSPS) is 12.3. The van der Waals surface area contributed by atoms with Gasteiger partial charge in [0.05, 0.1) is 23.1 Å². The van der Waals surface area contributed by atoms with Crippen molar-refractivity contribution in [3.63, 3.8) is 0 Å². The van der Waals surface area contributed by atoms with Crippen LogP contribution in [0.2, 0.25) is 0 Å². The zero-order valence-electron chi connectivity index (χ0n) is 15.3. The fourth-order valence-corrected chi connectivity index (χ4v) is 3.55. The zero-order chi connectivity index (χ0) is 19.6. The molecule has 0 amide bonds. The summed E-state index contributed by atoms with van der Waals surface area (Å²) < 4.78 is 7.01. The minimum atomic E-state index is -0.375. The van der Waals surface area contributed by atoms with Gasteiger partial charge in [0, 0.05) is 16.4 Å². The van der Waals surface area contributed by atoms with E-state index in [-0.39, 0.29) is 17.4 Å². The quantitative estimate of drug-likeness (QED) is 0.426. The first-order valence-electron chi connectivity index (χ1n) is 8.83. The number of benzene rings is 2. The zero-order valence-corrected chi connectivity index (χ0v) is 17.5. The molecule has 0 fully saturated rings. The van der Waals surface area contributed by atoms with Crippen LogP contribution in [0.15, 0.2) is 51.7 Å². The fourth-order valence-electron chi connectivity index (χ4n) is 3.07. The lowest BCUT2D eigenvalue weighted by Crippen LogP contribution is -2.23. The van der Waals surface area contributed by atoms with Crippen LogP contribution in [0, 0.1) is 17.2 Å². The average molecular weight is 472 g/mol. The van der Waals surface area contributed by atoms with E-state index in [2.05, 4.69) is 28.7 Å². The van der Waals surface area contributed by atoms with Gasteiger partial charge in [0.2, 0.25) is 0 Å². The van der Waals surface area contributed by atoms with Gasteiger partial charge in [-0.3, -0.25) is 4.79 Å². The summed E-state index contributed by atoms with van der Waals surface area (Å²) in [5, 5.41) is 9.70. The Kier molecular flexibility index (Phi) is 5.98. The second-order valence-electron chi connectivity index (χ2n) is 7.00. The van der Waals surface area contributed by atoms with Crippen LogP contribution in [0.5, 0.6) is 0 Å². The lowest BCUT2D eigenvalue weighted by Gasteiger charge is -2.19. The molecule has 0 saturated heterocycles. The number of hydrogen-bond acceptors (Lipinski definition) is 4. The Bertz CT molecular complexity index is 1080. The second kappa shape index (κ2) is 8.24. The topological polar surface area (TPSA) is 80.0 Å². The maximum absolute atomic E-state index is 13.3. The summed E-state index contributed by atoms with van der Waals surface area (Å²) in [5.74, 6) is 0.665. The van der Waals surface area contributed by atoms with Gasteiger partial charge in [-0.25, -0.2) is 0 Å². The van der Waals surface area contributed by atoms with E-state index in [9.17, 15) is 4.79 Å². The SMILES string of the molecule is CC(C)[C@@H](N)c1oc2cc(CI)ccc2c(=O)c1Cc1cccc(C#N)c1. The molecule has 138 valence electrons. The first-order valence-corrected chi connectivity index (χ1v) is 10.4. The van der Waals surface area contributed by atoms with Crippen molar-refractivity contribution < 1.29 is 4.42 Å². The molecule has 0 aliphatic rings. The molecule has 0 saturated carbocycles. The summed E-state index contributed by atoms with van der Waals surface area (Å²) in [6.45, 7) is 4.02. The summed E-state index contributed by atoms with van der Waals surface area (Å²) in [5.41, 5.74) is 10.1. The molecule has 3 aromatic rings. The Labute approximate surface area is 172 Å². The highest BCUT2D eigenvalue weighted by molar-refractivity contribution is 14.1. The molecule has 2 aromatic carbocycles. The van der Waals surface area contributed by atoms with E-state index >= 15 is 0 Å². The third-order valence-corrected chi connectivity index (χ3v) is 5.58. The van der Waals surface area contributed by atoms with Crippen LogP contribution in [0.1, 0.15) is 47.9 Å². The third-order valence-electron chi connectivity index (χ3n) is 4.69. The van der Waals surface area contributed by atoms with E-state index in [4.69, 9.17) is 15.4 Å². The summed E-state index contributed by atoms with van der Waals surface area (Å²) in [7, 11) is 0. The lowest BCUT2D eigenvalue weighted by molar-refractivity contribution is 0.406. The van der Waals surface area contributed by atoms with Crippen molar-refractivity contribution in [1.82, 2.24) is 0 Å². The van der Waals surface area contributed by atoms with Crippen molar-refractivity contribution in [2.75, 3.05) is 0 Å². The largest absolute Gasteiger partial charge is 0.459 e. The van der Waals surface area contributed by atoms with Crippen molar-refractivity contribution in [3.8, 4) is 6.07 Å². The molecule has 27 heavy (non-hydrogen) atoms. The molecule has 0 spiro atoms. The maximum Gasteiger partial charge on any atom is 0.196 e. The predicted octanol–water partition coefficient (Wildman–Crippen LogP) is 4.85. The Hall–Kier alpha value is -2.17. The molecule has 0 bridgehead atoms. The summed E-state index contributed by atoms with van der Waals surface area (Å²) in [6, 6.07) is 14.7. The van der Waals surface area contributed by atoms with E-state index in [1.54, 1.807) is 12.1 Å². The van der Waals surface area contributed by atoms with Crippen LogP contribution in [-0.2, 0) is 10.8 Å². The molecule has 3 rings (SSSR count). The van der Waals surface area contributed by atoms with Gasteiger partial charge < -0.3 is 10.2 Å². The second-order valence-corrected chi connectivity index (χ2v) is 7.76. The van der Waals surface area contributed by atoms with Crippen molar-refractivity contribution in [2.24, 2.45) is 11.7 Å². The molecule has 1 heterocycles. The number of alkyl halides is 1. The molecule has 0 aliphatic carbocycles. The first kappa shape index (κ1) is 19.6. The van der Waals surface area contributed by atoms with Crippen molar-refractivity contribution in [1.29, 1.82) is 5.26 Å². The van der Waals surface area contributed by atoms with Crippen LogP contribution in [0.25, 0.3) is 11.0 Å². The van der Waals surface area contributed by atoms with E-state index in [0.29, 0.717) is 34.3 Å². The Morgan fingerprint density at radius 1 is 1.19 bits per heavy atom. The monoisotopic (exact) mass is 472 g/mol. The first-order chi connectivity index (χ1) is 12.9. The Balaban J connectivity index is 2.22. The highest BCUT2D eigenvalue weighted by Gasteiger charge is 2.22. The van der Waals surface area contributed by atoms with E-state index in [0.717, 1.165) is 15.6 Å². The standard InChI is InChI=1S/C22H21IN2O2/c1-13(2)20(25)22-18(9-14-4-3-5-16(8-14)12-24)21(26)17-7-6-15(11-23)10-19(17)27-22/h3-8,10,13,20H,9,11,25H2,1-2H3/t20-/m1/s1. The third kappa shape index (κ3) is 4.07. The number of fused-ring (bicyclic) bond motifs is 1. The van der Waals surface area contributed by atoms with Crippen LogP contribution in [-0.4, -0.2) is 0 Å². The van der Waals surface area contributed by atoms with Crippen molar-refractivity contribution in [3.05, 3.63) is 80.7 Å². The van der Waals surface area contributed by atoms with E-state index < -0.39 is 0 Å². The van der Waals surface area contributed by atoms with E-state index in [1.807, 2.05) is 44.2 Å². The number of nitrogens with two attached hydrogens (primary N) is 1. The molecule has 0 unspecified atom stereocenters.